The minimum atomic E-state index is -0.571. The van der Waals surface area contributed by atoms with Crippen LogP contribution in [-0.2, 0) is 9.59 Å². The standard InChI is InChI=1S/C13H20N4O3S/c1-10(18)17-6-5-16(8-11(19)9-17)4-2-12(20)15-13-14-3-7-21-13/h3,7,11,19H,2,4-6,8-9H2,1H3,(H,14,15,20)/t11-/m0/s1. The van der Waals surface area contributed by atoms with E-state index < -0.39 is 6.10 Å². The SMILES string of the molecule is CC(=O)N1CCN(CCC(=O)Nc2nccs2)C[C@H](O)C1. The number of anilines is 1. The van der Waals surface area contributed by atoms with Gasteiger partial charge in [-0.15, -0.1) is 11.3 Å². The van der Waals surface area contributed by atoms with Gasteiger partial charge in [-0.3, -0.25) is 14.5 Å². The van der Waals surface area contributed by atoms with E-state index in [2.05, 4.69) is 10.3 Å². The monoisotopic (exact) mass is 312 g/mol. The van der Waals surface area contributed by atoms with Crippen molar-refractivity contribution < 1.29 is 14.7 Å². The van der Waals surface area contributed by atoms with Gasteiger partial charge in [-0.1, -0.05) is 0 Å². The third kappa shape index (κ3) is 5.07. The van der Waals surface area contributed by atoms with Crippen LogP contribution >= 0.6 is 11.3 Å². The maximum absolute atomic E-state index is 11.8. The molecule has 7 nitrogen and oxygen atoms in total. The van der Waals surface area contributed by atoms with E-state index in [1.807, 2.05) is 4.90 Å². The molecule has 1 saturated heterocycles. The second kappa shape index (κ2) is 7.48. The summed E-state index contributed by atoms with van der Waals surface area (Å²) >= 11 is 1.38. The Hall–Kier alpha value is -1.51. The third-order valence-corrected chi connectivity index (χ3v) is 4.05. The van der Waals surface area contributed by atoms with Crippen LogP contribution in [-0.4, -0.2) is 70.5 Å². The lowest BCUT2D eigenvalue weighted by atomic mass is 10.3. The van der Waals surface area contributed by atoms with E-state index in [1.54, 1.807) is 16.5 Å². The van der Waals surface area contributed by atoms with E-state index in [1.165, 1.54) is 18.3 Å². The third-order valence-electron chi connectivity index (χ3n) is 3.37. The number of nitrogens with zero attached hydrogens (tertiary/aromatic N) is 3. The maximum atomic E-state index is 11.8. The molecule has 1 aliphatic rings. The van der Waals surface area contributed by atoms with Gasteiger partial charge in [0.15, 0.2) is 5.13 Å². The summed E-state index contributed by atoms with van der Waals surface area (Å²) in [7, 11) is 0. The highest BCUT2D eigenvalue weighted by Gasteiger charge is 2.22. The predicted molar refractivity (Wildman–Crippen MR) is 80.1 cm³/mol. The van der Waals surface area contributed by atoms with E-state index in [4.69, 9.17) is 0 Å². The van der Waals surface area contributed by atoms with Gasteiger partial charge < -0.3 is 15.3 Å². The van der Waals surface area contributed by atoms with Crippen LogP contribution in [0.5, 0.6) is 0 Å². The van der Waals surface area contributed by atoms with Gasteiger partial charge in [-0.05, 0) is 0 Å². The average Bonchev–Trinajstić information content (AvgIpc) is 2.84. The van der Waals surface area contributed by atoms with E-state index in [-0.39, 0.29) is 11.8 Å². The lowest BCUT2D eigenvalue weighted by Gasteiger charge is -2.20. The number of aromatic nitrogens is 1. The van der Waals surface area contributed by atoms with E-state index in [9.17, 15) is 14.7 Å². The van der Waals surface area contributed by atoms with Gasteiger partial charge in [0.2, 0.25) is 11.8 Å². The lowest BCUT2D eigenvalue weighted by Crippen LogP contribution is -2.36. The Balaban J connectivity index is 1.77. The van der Waals surface area contributed by atoms with Crippen molar-refractivity contribution in [2.75, 3.05) is 38.0 Å². The predicted octanol–water partition coefficient (Wildman–Crippen LogP) is -0.00330. The molecule has 0 unspecified atom stereocenters. The summed E-state index contributed by atoms with van der Waals surface area (Å²) in [4.78, 5) is 30.8. The number of hydrogen-bond donors (Lipinski definition) is 2. The molecule has 0 saturated carbocycles. The molecule has 2 heterocycles. The largest absolute Gasteiger partial charge is 0.390 e. The lowest BCUT2D eigenvalue weighted by molar-refractivity contribution is -0.129. The molecule has 2 rings (SSSR count). The highest BCUT2D eigenvalue weighted by Crippen LogP contribution is 2.11. The van der Waals surface area contributed by atoms with Crippen molar-refractivity contribution >= 4 is 28.3 Å². The van der Waals surface area contributed by atoms with Gasteiger partial charge in [0, 0.05) is 57.6 Å². The molecule has 0 radical (unpaired) electrons. The summed E-state index contributed by atoms with van der Waals surface area (Å²) < 4.78 is 0. The first-order valence-corrected chi connectivity index (χ1v) is 7.78. The van der Waals surface area contributed by atoms with Crippen LogP contribution in [0, 0.1) is 0 Å². The fraction of sp³-hybridized carbons (Fsp3) is 0.615. The molecule has 21 heavy (non-hydrogen) atoms. The van der Waals surface area contributed by atoms with Crippen LogP contribution in [0.3, 0.4) is 0 Å². The van der Waals surface area contributed by atoms with Gasteiger partial charge >= 0.3 is 0 Å². The maximum Gasteiger partial charge on any atom is 0.227 e. The van der Waals surface area contributed by atoms with E-state index >= 15 is 0 Å². The smallest absolute Gasteiger partial charge is 0.227 e. The van der Waals surface area contributed by atoms with Crippen molar-refractivity contribution in [1.29, 1.82) is 0 Å². The Morgan fingerprint density at radius 2 is 2.29 bits per heavy atom. The zero-order chi connectivity index (χ0) is 15.2. The Morgan fingerprint density at radius 1 is 1.48 bits per heavy atom. The number of amides is 2. The van der Waals surface area contributed by atoms with Gasteiger partial charge in [0.05, 0.1) is 6.10 Å². The first kappa shape index (κ1) is 15.9. The summed E-state index contributed by atoms with van der Waals surface area (Å²) in [5.74, 6) is -0.121. The topological polar surface area (TPSA) is 85.8 Å². The average molecular weight is 312 g/mol. The number of aliphatic hydroxyl groups is 1. The second-order valence-corrected chi connectivity index (χ2v) is 5.95. The number of thiazole rings is 1. The summed E-state index contributed by atoms with van der Waals surface area (Å²) in [5.41, 5.74) is 0. The number of β-amino-alcohol motifs (C(OH)–C–C–N with tert-alkyl or cyclic N) is 1. The van der Waals surface area contributed by atoms with Crippen LogP contribution in [0.1, 0.15) is 13.3 Å². The number of nitrogens with one attached hydrogen (secondary N) is 1. The van der Waals surface area contributed by atoms with E-state index in [0.717, 1.165) is 0 Å². The Kier molecular flexibility index (Phi) is 5.66. The molecule has 1 aromatic heterocycles. The molecule has 1 fully saturated rings. The Bertz CT molecular complexity index is 480. The normalized spacial score (nSPS) is 20.1. The fourth-order valence-electron chi connectivity index (χ4n) is 2.27. The van der Waals surface area contributed by atoms with Crippen LogP contribution in [0.15, 0.2) is 11.6 Å². The van der Waals surface area contributed by atoms with Crippen molar-refractivity contribution in [3.8, 4) is 0 Å². The van der Waals surface area contributed by atoms with Crippen LogP contribution in [0.25, 0.3) is 0 Å². The summed E-state index contributed by atoms with van der Waals surface area (Å²) in [5, 5.41) is 15.0. The van der Waals surface area contributed by atoms with Crippen LogP contribution in [0.2, 0.25) is 0 Å². The summed E-state index contributed by atoms with van der Waals surface area (Å²) in [6, 6.07) is 0. The molecule has 116 valence electrons. The van der Waals surface area contributed by atoms with Gasteiger partial charge in [0.1, 0.15) is 0 Å². The van der Waals surface area contributed by atoms with Crippen molar-refractivity contribution in [3.63, 3.8) is 0 Å². The van der Waals surface area contributed by atoms with Crippen molar-refractivity contribution in [1.82, 2.24) is 14.8 Å². The minimum absolute atomic E-state index is 0.0302. The molecule has 1 aliphatic heterocycles. The van der Waals surface area contributed by atoms with Gasteiger partial charge in [0.25, 0.3) is 0 Å². The molecule has 1 aromatic rings. The number of aliphatic hydroxyl groups excluding tert-OH is 1. The first-order valence-electron chi connectivity index (χ1n) is 6.90. The van der Waals surface area contributed by atoms with Crippen LogP contribution in [0.4, 0.5) is 5.13 Å². The number of carbonyl (C=O) groups is 2. The molecule has 8 heteroatoms. The first-order chi connectivity index (χ1) is 10.0. The molecular formula is C13H20N4O3S. The molecule has 0 aliphatic carbocycles. The van der Waals surface area contributed by atoms with Crippen molar-refractivity contribution in [3.05, 3.63) is 11.6 Å². The van der Waals surface area contributed by atoms with Gasteiger partial charge in [-0.25, -0.2) is 4.98 Å². The fourth-order valence-corrected chi connectivity index (χ4v) is 2.82. The molecule has 1 atom stereocenters. The zero-order valence-corrected chi connectivity index (χ0v) is 12.8. The molecule has 0 aromatic carbocycles. The van der Waals surface area contributed by atoms with Crippen molar-refractivity contribution in [2.45, 2.75) is 19.4 Å². The van der Waals surface area contributed by atoms with Gasteiger partial charge in [-0.2, -0.15) is 0 Å². The summed E-state index contributed by atoms with van der Waals surface area (Å²) in [6.07, 6.45) is 1.41. The van der Waals surface area contributed by atoms with Crippen molar-refractivity contribution in [2.24, 2.45) is 0 Å². The quantitative estimate of drug-likeness (QED) is 0.817. The Morgan fingerprint density at radius 3 is 2.95 bits per heavy atom. The number of carbonyl (C=O) groups excluding carboxylic acids is 2. The number of hydrogen-bond acceptors (Lipinski definition) is 6. The van der Waals surface area contributed by atoms with Crippen LogP contribution < -0.4 is 5.32 Å². The molecular weight excluding hydrogens is 292 g/mol. The molecule has 0 bridgehead atoms. The molecule has 2 amide bonds. The number of rotatable bonds is 4. The Labute approximate surface area is 127 Å². The zero-order valence-electron chi connectivity index (χ0n) is 12.0. The highest BCUT2D eigenvalue weighted by molar-refractivity contribution is 7.13. The summed E-state index contributed by atoms with van der Waals surface area (Å²) in [6.45, 7) is 4.15. The second-order valence-electron chi connectivity index (χ2n) is 5.05. The molecule has 0 spiro atoms. The minimum Gasteiger partial charge on any atom is -0.390 e. The molecule has 2 N–H and O–H groups in total. The highest BCUT2D eigenvalue weighted by atomic mass is 32.1. The van der Waals surface area contributed by atoms with E-state index in [0.29, 0.717) is 44.3 Å².